The lowest BCUT2D eigenvalue weighted by Crippen LogP contribution is -2.24. The van der Waals surface area contributed by atoms with Crippen molar-refractivity contribution in [1.29, 1.82) is 0 Å². The SMILES string of the molecule is c1ccc(-c2[nH]ncc2CNC[C@H]2CCO[C@@H]2c2cn[nH]c2)cc1. The molecule has 4 rings (SSSR count). The Morgan fingerprint density at radius 1 is 1.17 bits per heavy atom. The molecule has 0 amide bonds. The van der Waals surface area contributed by atoms with E-state index in [4.69, 9.17) is 4.74 Å². The minimum atomic E-state index is 0.134. The van der Waals surface area contributed by atoms with Crippen LogP contribution in [0.1, 0.15) is 23.7 Å². The van der Waals surface area contributed by atoms with Crippen LogP contribution in [0.15, 0.2) is 48.9 Å². The Kier molecular flexibility index (Phi) is 4.40. The molecular weight excluding hydrogens is 302 g/mol. The van der Waals surface area contributed by atoms with E-state index < -0.39 is 0 Å². The van der Waals surface area contributed by atoms with Crippen LogP contribution in [0.25, 0.3) is 11.3 Å². The second kappa shape index (κ2) is 6.98. The second-order valence-corrected chi connectivity index (χ2v) is 6.14. The van der Waals surface area contributed by atoms with Crippen LogP contribution in [0.5, 0.6) is 0 Å². The molecule has 2 aromatic heterocycles. The zero-order valence-electron chi connectivity index (χ0n) is 13.4. The zero-order valence-corrected chi connectivity index (χ0v) is 13.4. The summed E-state index contributed by atoms with van der Waals surface area (Å²) in [7, 11) is 0. The molecule has 6 nitrogen and oxygen atoms in total. The molecule has 1 aromatic carbocycles. The molecule has 0 unspecified atom stereocenters. The number of nitrogens with one attached hydrogen (secondary N) is 3. The zero-order chi connectivity index (χ0) is 16.2. The maximum absolute atomic E-state index is 5.87. The number of hydrogen-bond donors (Lipinski definition) is 3. The van der Waals surface area contributed by atoms with Gasteiger partial charge in [0.2, 0.25) is 0 Å². The van der Waals surface area contributed by atoms with Crippen LogP contribution in [0.4, 0.5) is 0 Å². The van der Waals surface area contributed by atoms with Gasteiger partial charge in [0.25, 0.3) is 0 Å². The highest BCUT2D eigenvalue weighted by atomic mass is 16.5. The van der Waals surface area contributed by atoms with Gasteiger partial charge in [-0.2, -0.15) is 10.2 Å². The minimum Gasteiger partial charge on any atom is -0.373 e. The number of benzene rings is 1. The molecule has 2 atom stereocenters. The summed E-state index contributed by atoms with van der Waals surface area (Å²) in [4.78, 5) is 0. The quantitative estimate of drug-likeness (QED) is 0.652. The van der Waals surface area contributed by atoms with E-state index in [0.29, 0.717) is 5.92 Å². The average molecular weight is 323 g/mol. The van der Waals surface area contributed by atoms with Gasteiger partial charge in [-0.05, 0) is 12.0 Å². The standard InChI is InChI=1S/C18H21N5O/c1-2-4-13(5-3-1)17-15(10-22-23-17)9-19-8-14-6-7-24-18(14)16-11-20-21-12-16/h1-5,10-12,14,18-19H,6-9H2,(H,20,21)(H,22,23)/t14-,18+/m1/s1. The Bertz CT molecular complexity index is 753. The van der Waals surface area contributed by atoms with Crippen LogP contribution in [0.3, 0.4) is 0 Å². The molecule has 3 heterocycles. The normalized spacial score (nSPS) is 20.5. The summed E-state index contributed by atoms with van der Waals surface area (Å²) in [5.41, 5.74) is 4.55. The fourth-order valence-electron chi connectivity index (χ4n) is 3.32. The number of aromatic nitrogens is 4. The monoisotopic (exact) mass is 323 g/mol. The van der Waals surface area contributed by atoms with Gasteiger partial charge < -0.3 is 10.1 Å². The summed E-state index contributed by atoms with van der Waals surface area (Å²) in [6.45, 7) is 2.51. The first kappa shape index (κ1) is 15.1. The van der Waals surface area contributed by atoms with E-state index in [-0.39, 0.29) is 6.10 Å². The lowest BCUT2D eigenvalue weighted by Gasteiger charge is -2.17. The van der Waals surface area contributed by atoms with Crippen molar-refractivity contribution in [2.45, 2.75) is 19.1 Å². The molecule has 6 heteroatoms. The van der Waals surface area contributed by atoms with E-state index in [9.17, 15) is 0 Å². The highest BCUT2D eigenvalue weighted by Crippen LogP contribution is 2.33. The third kappa shape index (κ3) is 3.11. The molecule has 3 aromatic rings. The largest absolute Gasteiger partial charge is 0.373 e. The molecule has 0 aliphatic carbocycles. The van der Waals surface area contributed by atoms with Crippen molar-refractivity contribution < 1.29 is 4.74 Å². The third-order valence-corrected chi connectivity index (χ3v) is 4.56. The maximum Gasteiger partial charge on any atom is 0.0896 e. The number of hydrogen-bond acceptors (Lipinski definition) is 4. The molecule has 1 fully saturated rings. The Hall–Kier alpha value is -2.44. The van der Waals surface area contributed by atoms with Crippen molar-refractivity contribution in [2.24, 2.45) is 5.92 Å². The predicted octanol–water partition coefficient (Wildman–Crippen LogP) is 2.67. The fourth-order valence-corrected chi connectivity index (χ4v) is 3.32. The summed E-state index contributed by atoms with van der Waals surface area (Å²) >= 11 is 0. The van der Waals surface area contributed by atoms with Crippen LogP contribution in [-0.4, -0.2) is 33.5 Å². The predicted molar refractivity (Wildman–Crippen MR) is 91.1 cm³/mol. The number of nitrogens with zero attached hydrogens (tertiary/aromatic N) is 2. The van der Waals surface area contributed by atoms with Crippen LogP contribution in [-0.2, 0) is 11.3 Å². The molecule has 1 saturated heterocycles. The summed E-state index contributed by atoms with van der Waals surface area (Å²) in [6.07, 6.45) is 6.88. The summed E-state index contributed by atoms with van der Waals surface area (Å²) < 4.78 is 5.87. The molecule has 1 aliphatic heterocycles. The number of H-pyrrole nitrogens is 2. The van der Waals surface area contributed by atoms with E-state index in [1.165, 1.54) is 5.56 Å². The van der Waals surface area contributed by atoms with E-state index in [0.717, 1.165) is 42.9 Å². The van der Waals surface area contributed by atoms with E-state index in [1.54, 1.807) is 0 Å². The molecule has 0 saturated carbocycles. The molecule has 124 valence electrons. The van der Waals surface area contributed by atoms with Gasteiger partial charge in [0.05, 0.1) is 24.2 Å². The Labute approximate surface area is 140 Å². The van der Waals surface area contributed by atoms with E-state index >= 15 is 0 Å². The highest BCUT2D eigenvalue weighted by molar-refractivity contribution is 5.62. The van der Waals surface area contributed by atoms with Crippen LogP contribution < -0.4 is 5.32 Å². The summed E-state index contributed by atoms with van der Waals surface area (Å²) in [5.74, 6) is 0.467. The van der Waals surface area contributed by atoms with Crippen LogP contribution in [0.2, 0.25) is 0 Å². The van der Waals surface area contributed by atoms with Crippen molar-refractivity contribution in [3.8, 4) is 11.3 Å². The van der Waals surface area contributed by atoms with Gasteiger partial charge >= 0.3 is 0 Å². The van der Waals surface area contributed by atoms with Gasteiger partial charge in [-0.15, -0.1) is 0 Å². The maximum atomic E-state index is 5.87. The van der Waals surface area contributed by atoms with Crippen molar-refractivity contribution >= 4 is 0 Å². The first-order valence-electron chi connectivity index (χ1n) is 8.30. The lowest BCUT2D eigenvalue weighted by atomic mass is 9.97. The number of aromatic amines is 2. The molecule has 0 bridgehead atoms. The number of rotatable bonds is 6. The molecule has 0 spiro atoms. The molecule has 3 N–H and O–H groups in total. The number of ether oxygens (including phenoxy) is 1. The minimum absolute atomic E-state index is 0.134. The second-order valence-electron chi connectivity index (χ2n) is 6.14. The smallest absolute Gasteiger partial charge is 0.0896 e. The van der Waals surface area contributed by atoms with Crippen molar-refractivity contribution in [2.75, 3.05) is 13.2 Å². The average Bonchev–Trinajstić information content (AvgIpc) is 3.37. The topological polar surface area (TPSA) is 78.6 Å². The summed E-state index contributed by atoms with van der Waals surface area (Å²) in [5, 5.41) is 17.8. The molecule has 0 radical (unpaired) electrons. The highest BCUT2D eigenvalue weighted by Gasteiger charge is 2.29. The van der Waals surface area contributed by atoms with E-state index in [1.807, 2.05) is 36.8 Å². The van der Waals surface area contributed by atoms with Gasteiger partial charge in [-0.3, -0.25) is 10.2 Å². The van der Waals surface area contributed by atoms with E-state index in [2.05, 4.69) is 37.8 Å². The third-order valence-electron chi connectivity index (χ3n) is 4.56. The first-order chi connectivity index (χ1) is 11.9. The van der Waals surface area contributed by atoms with Gasteiger partial charge in [0.1, 0.15) is 0 Å². The van der Waals surface area contributed by atoms with Crippen molar-refractivity contribution in [1.82, 2.24) is 25.7 Å². The lowest BCUT2D eigenvalue weighted by molar-refractivity contribution is 0.0905. The van der Waals surface area contributed by atoms with Crippen LogP contribution in [0, 0.1) is 5.92 Å². The molecule has 24 heavy (non-hydrogen) atoms. The fraction of sp³-hybridized carbons (Fsp3) is 0.333. The molecular formula is C18H21N5O. The van der Waals surface area contributed by atoms with Gasteiger partial charge in [-0.1, -0.05) is 30.3 Å². The molecule has 1 aliphatic rings. The Morgan fingerprint density at radius 3 is 2.92 bits per heavy atom. The Morgan fingerprint density at radius 2 is 2.08 bits per heavy atom. The summed E-state index contributed by atoms with van der Waals surface area (Å²) in [6, 6.07) is 10.3. The van der Waals surface area contributed by atoms with Crippen LogP contribution >= 0.6 is 0 Å². The van der Waals surface area contributed by atoms with Crippen molar-refractivity contribution in [3.63, 3.8) is 0 Å². The first-order valence-corrected chi connectivity index (χ1v) is 8.30. The Balaban J connectivity index is 1.37. The van der Waals surface area contributed by atoms with Gasteiger partial charge in [0.15, 0.2) is 0 Å². The van der Waals surface area contributed by atoms with Crippen molar-refractivity contribution in [3.05, 3.63) is 60.0 Å². The van der Waals surface area contributed by atoms with Gasteiger partial charge in [0, 0.05) is 42.9 Å². The van der Waals surface area contributed by atoms with Gasteiger partial charge in [-0.25, -0.2) is 0 Å².